The lowest BCUT2D eigenvalue weighted by atomic mass is 9.88. The molecule has 0 atom stereocenters. The van der Waals surface area contributed by atoms with E-state index in [0.717, 1.165) is 33.9 Å². The molecule has 0 unspecified atom stereocenters. The molecule has 0 radical (unpaired) electrons. The maximum absolute atomic E-state index is 10.6. The first-order valence-electron chi connectivity index (χ1n) is 10.2. The minimum atomic E-state index is -0.299. The molecule has 0 saturated heterocycles. The second-order valence-corrected chi connectivity index (χ2v) is 7.37. The normalized spacial score (nSPS) is 11.8. The highest BCUT2D eigenvalue weighted by molar-refractivity contribution is 6.12. The molecule has 0 aliphatic heterocycles. The molecule has 2 N–H and O–H groups in total. The molecule has 0 spiro atoms. The number of hydrogen-bond acceptors (Lipinski definition) is 6. The van der Waals surface area contributed by atoms with Crippen molar-refractivity contribution in [3.05, 3.63) is 94.1 Å². The third-order valence-corrected chi connectivity index (χ3v) is 5.57. The first kappa shape index (κ1) is 22.1. The number of ether oxygens (including phenoxy) is 2. The minimum absolute atomic E-state index is 0.299. The molecule has 4 aromatic carbocycles. The van der Waals surface area contributed by atoms with Gasteiger partial charge < -0.3 is 19.7 Å². The van der Waals surface area contributed by atoms with Crippen molar-refractivity contribution in [2.45, 2.75) is 0 Å². The molecule has 0 heterocycles. The summed E-state index contributed by atoms with van der Waals surface area (Å²) < 4.78 is 11.6. The number of aliphatic hydroxyl groups is 2. The van der Waals surface area contributed by atoms with E-state index >= 15 is 0 Å². The first-order valence-corrected chi connectivity index (χ1v) is 10.2. The maximum Gasteiger partial charge on any atom is 0.392 e. The number of diazo groups is 2. The Kier molecular flexibility index (Phi) is 5.98. The van der Waals surface area contributed by atoms with Gasteiger partial charge in [0, 0.05) is 11.1 Å². The van der Waals surface area contributed by atoms with Crippen LogP contribution in [0.25, 0.3) is 54.1 Å². The van der Waals surface area contributed by atoms with E-state index in [1.165, 1.54) is 14.2 Å². The van der Waals surface area contributed by atoms with Crippen LogP contribution in [0.2, 0.25) is 0 Å². The average Bonchev–Trinajstić information content (AvgIpc) is 2.86. The molecule has 8 heteroatoms. The lowest BCUT2D eigenvalue weighted by Crippen LogP contribution is -2.01. The summed E-state index contributed by atoms with van der Waals surface area (Å²) in [6, 6.07) is 18.5. The van der Waals surface area contributed by atoms with Crippen molar-refractivity contribution >= 4 is 33.1 Å². The van der Waals surface area contributed by atoms with Gasteiger partial charge in [-0.25, -0.2) is 0 Å². The Hall–Kier alpha value is -5.08. The Morgan fingerprint density at radius 1 is 0.706 bits per heavy atom. The third-order valence-electron chi connectivity index (χ3n) is 5.57. The van der Waals surface area contributed by atoms with E-state index in [-0.39, 0.29) is 11.5 Å². The molecule has 0 saturated carbocycles. The molecule has 0 bridgehead atoms. The SMILES string of the molecule is COc1c(/C(O)=C/[N+]#N)cc2ccccc2c1-c1c(OC)c(/C(O)=C\[N+]#N)cc2ccccc12. The minimum Gasteiger partial charge on any atom is -0.501 e. The molecule has 0 amide bonds. The Labute approximate surface area is 194 Å². The molecule has 4 aromatic rings. The van der Waals surface area contributed by atoms with Crippen LogP contribution in [0.4, 0.5) is 0 Å². The van der Waals surface area contributed by atoms with Gasteiger partial charge in [-0.05, 0) is 33.7 Å². The van der Waals surface area contributed by atoms with E-state index in [9.17, 15) is 10.2 Å². The van der Waals surface area contributed by atoms with Gasteiger partial charge in [0.15, 0.2) is 9.95 Å². The quantitative estimate of drug-likeness (QED) is 0.246. The van der Waals surface area contributed by atoms with E-state index in [2.05, 4.69) is 9.95 Å². The number of nitrogens with zero attached hydrogens (tertiary/aromatic N) is 4. The Balaban J connectivity index is 2.30. The summed E-state index contributed by atoms with van der Waals surface area (Å²) in [5.41, 5.74) is 1.79. The lowest BCUT2D eigenvalue weighted by molar-refractivity contribution is 0.405. The third kappa shape index (κ3) is 3.60. The van der Waals surface area contributed by atoms with E-state index in [1.807, 2.05) is 48.5 Å². The van der Waals surface area contributed by atoms with Crippen LogP contribution in [-0.2, 0) is 0 Å². The number of hydrogen-bond donors (Lipinski definition) is 2. The van der Waals surface area contributed by atoms with Crippen LogP contribution >= 0.6 is 0 Å². The molecular weight excluding hydrogens is 432 g/mol. The molecule has 0 aromatic heterocycles. The van der Waals surface area contributed by atoms with Crippen molar-refractivity contribution in [3.63, 3.8) is 0 Å². The molecule has 0 aliphatic rings. The fraction of sp³-hybridized carbons (Fsp3) is 0.0769. The van der Waals surface area contributed by atoms with Crippen LogP contribution < -0.4 is 9.47 Å². The van der Waals surface area contributed by atoms with Crippen molar-refractivity contribution in [2.24, 2.45) is 0 Å². The summed E-state index contributed by atoms with van der Waals surface area (Å²) in [6.45, 7) is 0. The Bertz CT molecular complexity index is 1460. The second-order valence-electron chi connectivity index (χ2n) is 7.37. The van der Waals surface area contributed by atoms with Gasteiger partial charge in [0.1, 0.15) is 11.5 Å². The summed E-state index contributed by atoms with van der Waals surface area (Å²) >= 11 is 0. The fourth-order valence-corrected chi connectivity index (χ4v) is 4.21. The summed E-state index contributed by atoms with van der Waals surface area (Å²) in [5.74, 6) is 0.0271. The van der Waals surface area contributed by atoms with Crippen LogP contribution in [0.5, 0.6) is 11.5 Å². The zero-order chi connectivity index (χ0) is 24.2. The van der Waals surface area contributed by atoms with Crippen LogP contribution in [-0.4, -0.2) is 24.4 Å². The van der Waals surface area contributed by atoms with Gasteiger partial charge in [0.25, 0.3) is 0 Å². The monoisotopic (exact) mass is 452 g/mol. The molecule has 0 aliphatic carbocycles. The zero-order valence-corrected chi connectivity index (χ0v) is 18.4. The topological polar surface area (TPSA) is 115 Å². The Morgan fingerprint density at radius 2 is 1.09 bits per heavy atom. The van der Waals surface area contributed by atoms with Gasteiger partial charge in [-0.3, -0.25) is 0 Å². The van der Waals surface area contributed by atoms with Crippen molar-refractivity contribution in [3.8, 4) is 22.6 Å². The predicted molar refractivity (Wildman–Crippen MR) is 131 cm³/mol. The molecule has 34 heavy (non-hydrogen) atoms. The van der Waals surface area contributed by atoms with E-state index in [1.54, 1.807) is 12.1 Å². The number of fused-ring (bicyclic) bond motifs is 2. The predicted octanol–water partition coefficient (Wildman–Crippen LogP) is 7.10. The van der Waals surface area contributed by atoms with Crippen LogP contribution in [0, 0.1) is 10.8 Å². The van der Waals surface area contributed by atoms with Crippen LogP contribution in [0.1, 0.15) is 11.1 Å². The van der Waals surface area contributed by atoms with E-state index in [0.29, 0.717) is 33.8 Å². The molecular formula is C26H20N4O4+2. The summed E-state index contributed by atoms with van der Waals surface area (Å²) in [5, 5.41) is 42.4. The Morgan fingerprint density at radius 3 is 1.44 bits per heavy atom. The number of rotatable bonds is 5. The summed E-state index contributed by atoms with van der Waals surface area (Å²) in [7, 11) is 2.95. The van der Waals surface area contributed by atoms with Gasteiger partial charge in [-0.2, -0.15) is 0 Å². The van der Waals surface area contributed by atoms with Gasteiger partial charge in [0.2, 0.25) is 22.3 Å². The maximum atomic E-state index is 10.6. The fourth-order valence-electron chi connectivity index (χ4n) is 4.21. The van der Waals surface area contributed by atoms with E-state index in [4.69, 9.17) is 20.3 Å². The first-order chi connectivity index (χ1) is 16.5. The highest BCUT2D eigenvalue weighted by atomic mass is 16.5. The average molecular weight is 452 g/mol. The van der Waals surface area contributed by atoms with Crippen LogP contribution in [0.3, 0.4) is 0 Å². The lowest BCUT2D eigenvalue weighted by Gasteiger charge is -2.21. The van der Waals surface area contributed by atoms with Crippen molar-refractivity contribution in [1.29, 1.82) is 10.8 Å². The summed E-state index contributed by atoms with van der Waals surface area (Å²) in [4.78, 5) is 5.89. The van der Waals surface area contributed by atoms with Gasteiger partial charge in [-0.15, -0.1) is 0 Å². The van der Waals surface area contributed by atoms with Crippen molar-refractivity contribution < 1.29 is 19.7 Å². The number of benzene rings is 4. The van der Waals surface area contributed by atoms with Gasteiger partial charge >= 0.3 is 12.4 Å². The largest absolute Gasteiger partial charge is 0.501 e. The number of methoxy groups -OCH3 is 2. The van der Waals surface area contributed by atoms with Crippen molar-refractivity contribution in [1.82, 2.24) is 0 Å². The van der Waals surface area contributed by atoms with Gasteiger partial charge in [0.05, 0.1) is 25.3 Å². The highest BCUT2D eigenvalue weighted by Gasteiger charge is 2.27. The summed E-state index contributed by atoms with van der Waals surface area (Å²) in [6.07, 6.45) is 1.83. The van der Waals surface area contributed by atoms with E-state index < -0.39 is 0 Å². The van der Waals surface area contributed by atoms with Gasteiger partial charge in [-0.1, -0.05) is 48.5 Å². The zero-order valence-electron chi connectivity index (χ0n) is 18.4. The highest BCUT2D eigenvalue weighted by Crippen LogP contribution is 2.50. The molecule has 4 rings (SSSR count). The number of aliphatic hydroxyl groups excluding tert-OH is 2. The van der Waals surface area contributed by atoms with Crippen molar-refractivity contribution in [2.75, 3.05) is 14.2 Å². The molecule has 8 nitrogen and oxygen atoms in total. The smallest absolute Gasteiger partial charge is 0.392 e. The second kappa shape index (κ2) is 9.19. The molecule has 166 valence electrons. The standard InChI is InChI=1S/C26H18N4O4/c1-33-25-19(21(31)13-29-27)11-15-7-3-5-9-17(15)23(25)24-18-10-6-4-8-16(18)12-20(26(24)34-2)22(32)14-30-28/h3-14H,1-2H3/p+2/b21-13-,22-14+. The molecule has 0 fully saturated rings. The van der Waals surface area contributed by atoms with Crippen LogP contribution in [0.15, 0.2) is 73.1 Å².